The van der Waals surface area contributed by atoms with Crippen LogP contribution in [0.15, 0.2) is 64.0 Å². The summed E-state index contributed by atoms with van der Waals surface area (Å²) >= 11 is 0. The minimum Gasteiger partial charge on any atom is -0.415 e. The van der Waals surface area contributed by atoms with Crippen LogP contribution in [-0.2, 0) is 22.1 Å². The number of carbonyl (C=O) groups is 1. The number of pyridine rings is 1. The molecule has 0 bridgehead atoms. The highest BCUT2D eigenvalue weighted by molar-refractivity contribution is 7.84. The lowest BCUT2D eigenvalue weighted by Gasteiger charge is -2.25. The molecule has 0 spiro atoms. The predicted octanol–water partition coefficient (Wildman–Crippen LogP) is 4.84. The van der Waals surface area contributed by atoms with Crippen molar-refractivity contribution in [1.82, 2.24) is 15.2 Å². The minimum atomic E-state index is -2.88. The average molecular weight is 530 g/mol. The molecule has 2 aromatic carbocycles. The second-order valence-corrected chi connectivity index (χ2v) is 9.59. The van der Waals surface area contributed by atoms with Gasteiger partial charge in [-0.2, -0.15) is 8.78 Å². The zero-order valence-electron chi connectivity index (χ0n) is 20.1. The number of halogens is 3. The second kappa shape index (κ2) is 10.9. The number of alkyl halides is 2. The van der Waals surface area contributed by atoms with Gasteiger partial charge in [0.25, 0.3) is 5.89 Å². The van der Waals surface area contributed by atoms with E-state index >= 15 is 4.39 Å². The fourth-order valence-electron chi connectivity index (χ4n) is 3.62. The van der Waals surface area contributed by atoms with E-state index in [1.165, 1.54) is 17.2 Å². The van der Waals surface area contributed by atoms with Gasteiger partial charge in [-0.25, -0.2) is 4.39 Å². The predicted molar refractivity (Wildman–Crippen MR) is 133 cm³/mol. The quantitative estimate of drug-likeness (QED) is 0.287. The van der Waals surface area contributed by atoms with Crippen LogP contribution in [0.2, 0.25) is 0 Å². The van der Waals surface area contributed by atoms with Gasteiger partial charge in [0, 0.05) is 53.9 Å². The molecule has 2 heterocycles. The van der Waals surface area contributed by atoms with E-state index in [0.717, 1.165) is 0 Å². The average Bonchev–Trinajstić information content (AvgIpc) is 3.38. The van der Waals surface area contributed by atoms with Crippen molar-refractivity contribution in [3.05, 3.63) is 72.1 Å². The summed E-state index contributed by atoms with van der Waals surface area (Å²) in [5.41, 5.74) is 2.65. The van der Waals surface area contributed by atoms with Crippen LogP contribution in [0.25, 0.3) is 22.6 Å². The maximum atomic E-state index is 15.3. The molecule has 0 N–H and O–H groups in total. The third kappa shape index (κ3) is 5.69. The normalized spacial score (nSPS) is 12.0. The molecule has 4 rings (SSSR count). The van der Waals surface area contributed by atoms with Crippen molar-refractivity contribution in [2.24, 2.45) is 0 Å². The molecule has 8 nitrogen and oxygen atoms in total. The highest BCUT2D eigenvalue weighted by atomic mass is 32.2. The van der Waals surface area contributed by atoms with E-state index < -0.39 is 28.9 Å². The molecule has 1 amide bonds. The van der Waals surface area contributed by atoms with Crippen molar-refractivity contribution in [2.75, 3.05) is 30.2 Å². The summed E-state index contributed by atoms with van der Waals surface area (Å²) in [5.74, 6) is -1.43. The van der Waals surface area contributed by atoms with Gasteiger partial charge < -0.3 is 14.2 Å². The van der Waals surface area contributed by atoms with E-state index in [2.05, 4.69) is 15.2 Å². The van der Waals surface area contributed by atoms with Crippen molar-refractivity contribution in [1.29, 1.82) is 0 Å². The first-order chi connectivity index (χ1) is 17.7. The molecule has 0 aliphatic carbocycles. The van der Waals surface area contributed by atoms with Gasteiger partial charge in [-0.3, -0.25) is 14.0 Å². The molecule has 0 aliphatic heterocycles. The summed E-state index contributed by atoms with van der Waals surface area (Å²) in [6.45, 7) is 0.0204. The van der Waals surface area contributed by atoms with E-state index in [1.807, 2.05) is 0 Å². The molecule has 12 heteroatoms. The Bertz CT molecular complexity index is 1430. The Hall–Kier alpha value is -4.06. The van der Waals surface area contributed by atoms with E-state index in [-0.39, 0.29) is 12.4 Å². The molecule has 0 aliphatic rings. The van der Waals surface area contributed by atoms with E-state index in [4.69, 9.17) is 4.42 Å². The number of hydrogen-bond donors (Lipinski definition) is 0. The Morgan fingerprint density at radius 3 is 2.27 bits per heavy atom. The van der Waals surface area contributed by atoms with Gasteiger partial charge in [0.1, 0.15) is 5.82 Å². The second-order valence-electron chi connectivity index (χ2n) is 8.21. The van der Waals surface area contributed by atoms with Gasteiger partial charge in [0.05, 0.1) is 29.2 Å². The van der Waals surface area contributed by atoms with Crippen molar-refractivity contribution in [2.45, 2.75) is 17.9 Å². The Labute approximate surface area is 213 Å². The molecule has 37 heavy (non-hydrogen) atoms. The van der Waals surface area contributed by atoms with Gasteiger partial charge in [-0.05, 0) is 35.9 Å². The van der Waals surface area contributed by atoms with Crippen LogP contribution in [0.4, 0.5) is 24.5 Å². The van der Waals surface area contributed by atoms with Gasteiger partial charge in [0.15, 0.2) is 0 Å². The van der Waals surface area contributed by atoms with E-state index in [0.29, 0.717) is 45.1 Å². The molecular formula is C25H22F3N5O3S. The van der Waals surface area contributed by atoms with Gasteiger partial charge in [0.2, 0.25) is 12.3 Å². The number of aromatic nitrogens is 3. The van der Waals surface area contributed by atoms with Crippen molar-refractivity contribution in [3.8, 4) is 22.6 Å². The van der Waals surface area contributed by atoms with Crippen LogP contribution in [0.1, 0.15) is 18.0 Å². The third-order valence-corrected chi connectivity index (χ3v) is 6.45. The van der Waals surface area contributed by atoms with Crippen molar-refractivity contribution in [3.63, 3.8) is 0 Å². The van der Waals surface area contributed by atoms with Gasteiger partial charge in [-0.15, -0.1) is 10.2 Å². The zero-order valence-corrected chi connectivity index (χ0v) is 20.9. The SMILES string of the molecule is CN(C)c1cc(-c2ccc(S(C)=O)cc2)c(F)cc1N(C=O)Cc1ccc(-c2nnc(C(F)F)o2)cn1. The summed E-state index contributed by atoms with van der Waals surface area (Å²) in [6.07, 6.45) is 0.632. The van der Waals surface area contributed by atoms with Crippen LogP contribution in [0, 0.1) is 5.82 Å². The Balaban J connectivity index is 1.62. The third-order valence-electron chi connectivity index (χ3n) is 5.51. The maximum Gasteiger partial charge on any atom is 0.314 e. The summed E-state index contributed by atoms with van der Waals surface area (Å²) in [7, 11) is 2.40. The van der Waals surface area contributed by atoms with Crippen LogP contribution >= 0.6 is 0 Å². The largest absolute Gasteiger partial charge is 0.415 e. The molecule has 192 valence electrons. The first-order valence-electron chi connectivity index (χ1n) is 10.9. The fourth-order valence-corrected chi connectivity index (χ4v) is 4.14. The topological polar surface area (TPSA) is 92.4 Å². The van der Waals surface area contributed by atoms with Crippen LogP contribution < -0.4 is 9.80 Å². The summed E-state index contributed by atoms with van der Waals surface area (Å²) in [5, 5.41) is 6.87. The summed E-state index contributed by atoms with van der Waals surface area (Å²) in [4.78, 5) is 20.0. The lowest BCUT2D eigenvalue weighted by Crippen LogP contribution is -2.24. The van der Waals surface area contributed by atoms with Crippen molar-refractivity contribution >= 4 is 28.6 Å². The minimum absolute atomic E-state index is 0.0204. The Morgan fingerprint density at radius 1 is 1.03 bits per heavy atom. The smallest absolute Gasteiger partial charge is 0.314 e. The molecule has 0 saturated heterocycles. The molecule has 1 atom stereocenters. The first-order valence-corrected chi connectivity index (χ1v) is 12.5. The fraction of sp³-hybridized carbons (Fsp3) is 0.200. The highest BCUT2D eigenvalue weighted by Crippen LogP contribution is 2.36. The molecule has 0 saturated carbocycles. The number of benzene rings is 2. The van der Waals surface area contributed by atoms with Gasteiger partial charge in [-0.1, -0.05) is 12.1 Å². The molecule has 1 unspecified atom stereocenters. The number of carbonyl (C=O) groups excluding carboxylic acids is 1. The Morgan fingerprint density at radius 2 is 1.73 bits per heavy atom. The number of anilines is 2. The maximum absolute atomic E-state index is 15.3. The molecular weight excluding hydrogens is 507 g/mol. The first kappa shape index (κ1) is 26.0. The molecule has 4 aromatic rings. The van der Waals surface area contributed by atoms with E-state index in [9.17, 15) is 17.8 Å². The van der Waals surface area contributed by atoms with Gasteiger partial charge >= 0.3 is 6.43 Å². The van der Waals surface area contributed by atoms with Crippen LogP contribution in [0.5, 0.6) is 0 Å². The monoisotopic (exact) mass is 529 g/mol. The van der Waals surface area contributed by atoms with Crippen LogP contribution in [0.3, 0.4) is 0 Å². The summed E-state index contributed by atoms with van der Waals surface area (Å²) in [6, 6.07) is 12.8. The van der Waals surface area contributed by atoms with Crippen LogP contribution in [-0.4, -0.2) is 46.2 Å². The number of hydrogen-bond acceptors (Lipinski definition) is 7. The van der Waals surface area contributed by atoms with E-state index in [1.54, 1.807) is 67.7 Å². The lowest BCUT2D eigenvalue weighted by atomic mass is 10.0. The lowest BCUT2D eigenvalue weighted by molar-refractivity contribution is -0.107. The Kier molecular flexibility index (Phi) is 7.67. The molecule has 0 radical (unpaired) electrons. The molecule has 2 aromatic heterocycles. The zero-order chi connectivity index (χ0) is 26.7. The number of rotatable bonds is 9. The van der Waals surface area contributed by atoms with Crippen molar-refractivity contribution < 1.29 is 26.6 Å². The number of nitrogens with zero attached hydrogens (tertiary/aromatic N) is 5. The summed E-state index contributed by atoms with van der Waals surface area (Å²) < 4.78 is 57.2. The molecule has 0 fully saturated rings. The standard InChI is InChI=1S/C25H22F3N5O3S/c1-32(2)21-10-19(15-5-8-18(9-6-15)37(3)35)20(26)11-22(21)33(14-34)13-17-7-4-16(12-29-17)24-30-31-25(36-24)23(27)28/h4-12,14,23H,13H2,1-3H3. The highest BCUT2D eigenvalue weighted by Gasteiger charge is 2.20. The number of amides is 1.